The summed E-state index contributed by atoms with van der Waals surface area (Å²) in [5, 5.41) is 16.4. The van der Waals surface area contributed by atoms with Gasteiger partial charge >= 0.3 is 24.2 Å². The first kappa shape index (κ1) is 64.5. The highest BCUT2D eigenvalue weighted by atomic mass is 16.6. The van der Waals surface area contributed by atoms with Crippen molar-refractivity contribution < 1.29 is 66.8 Å². The molecule has 21 heteroatoms. The van der Waals surface area contributed by atoms with Crippen LogP contribution in [0.4, 0.5) is 14.4 Å². The average Bonchev–Trinajstić information content (AvgIpc) is 3.61. The predicted octanol–water partition coefficient (Wildman–Crippen LogP) is 7.85. The van der Waals surface area contributed by atoms with Crippen molar-refractivity contribution in [2.45, 2.75) is 143 Å². The first-order valence-electron chi connectivity index (χ1n) is 27.4. The van der Waals surface area contributed by atoms with Crippen molar-refractivity contribution in [1.29, 1.82) is 0 Å². The monoisotopic (exact) mass is 1140 g/mol. The molecule has 0 saturated carbocycles. The number of nitrogens with one attached hydrogen (secondary N) is 6. The van der Waals surface area contributed by atoms with Gasteiger partial charge in [-0.1, -0.05) is 54.1 Å². The van der Waals surface area contributed by atoms with Crippen LogP contribution in [0.1, 0.15) is 122 Å². The van der Waals surface area contributed by atoms with E-state index in [0.29, 0.717) is 29.5 Å². The van der Waals surface area contributed by atoms with E-state index in [4.69, 9.17) is 28.4 Å². The van der Waals surface area contributed by atoms with E-state index < -0.39 is 88.8 Å². The van der Waals surface area contributed by atoms with Gasteiger partial charge in [-0.05, 0) is 154 Å². The second-order valence-corrected chi connectivity index (χ2v) is 22.9. The van der Waals surface area contributed by atoms with Crippen LogP contribution in [0.2, 0.25) is 0 Å². The van der Waals surface area contributed by atoms with Crippen molar-refractivity contribution in [3.63, 3.8) is 0 Å². The Labute approximate surface area is 480 Å². The summed E-state index contributed by atoms with van der Waals surface area (Å²) in [6, 6.07) is 19.5. The Kier molecular flexibility index (Phi) is 22.7. The van der Waals surface area contributed by atoms with Crippen LogP contribution in [0.15, 0.2) is 84.9 Å². The molecule has 0 aliphatic carbocycles. The third kappa shape index (κ3) is 20.3. The van der Waals surface area contributed by atoms with Gasteiger partial charge < -0.3 is 65.2 Å². The van der Waals surface area contributed by atoms with Crippen molar-refractivity contribution in [3.8, 4) is 33.8 Å². The molecule has 6 N–H and O–H groups in total. The maximum Gasteiger partial charge on any atom is 0.407 e. The average molecular weight is 1140 g/mol. The lowest BCUT2D eigenvalue weighted by molar-refractivity contribution is -0.145. The lowest BCUT2D eigenvalue weighted by Gasteiger charge is -2.32. The fraction of sp³-hybridized carbons (Fsp3) is 0.475. The molecular formula is C61H81N7O14. The number of aryl methyl sites for hydroxylation is 1. The first-order valence-corrected chi connectivity index (χ1v) is 27.4. The fourth-order valence-electron chi connectivity index (χ4n) is 8.54. The normalized spacial score (nSPS) is 15.8. The van der Waals surface area contributed by atoms with E-state index in [2.05, 4.69) is 31.9 Å². The van der Waals surface area contributed by atoms with Crippen LogP contribution in [0, 0.1) is 6.92 Å². The van der Waals surface area contributed by atoms with Crippen LogP contribution in [0.5, 0.6) is 11.5 Å². The summed E-state index contributed by atoms with van der Waals surface area (Å²) in [5.74, 6) is -3.02. The van der Waals surface area contributed by atoms with Gasteiger partial charge in [-0.15, -0.1) is 0 Å². The van der Waals surface area contributed by atoms with Gasteiger partial charge in [-0.2, -0.15) is 0 Å². The minimum absolute atomic E-state index is 0.0115. The number of methoxy groups -OCH3 is 1. The number of likely N-dealkylation sites (N-methyl/N-ethyl adjacent to an activating group) is 1. The molecule has 82 heavy (non-hydrogen) atoms. The number of hydrogen-bond acceptors (Lipinski definition) is 14. The molecule has 4 aromatic carbocycles. The Bertz CT molecular complexity index is 2890. The topological polar surface area (TPSA) is 267 Å². The Balaban J connectivity index is 1.60. The number of fused-ring (bicyclic) bond motifs is 5. The lowest BCUT2D eigenvalue weighted by atomic mass is 9.93. The summed E-state index contributed by atoms with van der Waals surface area (Å²) in [5.41, 5.74) is 2.44. The zero-order valence-corrected chi connectivity index (χ0v) is 49.4. The van der Waals surface area contributed by atoms with Gasteiger partial charge in [0, 0.05) is 36.7 Å². The Hall–Kier alpha value is -8.36. The number of nitrogens with zero attached hydrogens (tertiary/aromatic N) is 1. The minimum Gasteiger partial charge on any atom is -0.491 e. The summed E-state index contributed by atoms with van der Waals surface area (Å²) < 4.78 is 34.0. The molecule has 444 valence electrons. The molecule has 1 aliphatic rings. The molecule has 21 nitrogen and oxygen atoms in total. The molecule has 1 aliphatic heterocycles. The van der Waals surface area contributed by atoms with Crippen LogP contribution in [0.25, 0.3) is 22.3 Å². The second-order valence-electron chi connectivity index (χ2n) is 22.9. The van der Waals surface area contributed by atoms with E-state index in [1.165, 1.54) is 26.0 Å². The molecule has 4 atom stereocenters. The summed E-state index contributed by atoms with van der Waals surface area (Å²) in [6.45, 7) is 19.2. The van der Waals surface area contributed by atoms with Crippen molar-refractivity contribution in [1.82, 2.24) is 36.8 Å². The van der Waals surface area contributed by atoms with Crippen LogP contribution in [0.3, 0.4) is 0 Å². The molecule has 0 aromatic heterocycles. The SMILES string of the molecule is COC(=O)[C@@H]1Cc2ccc(OCCNC(=O)OC(C)(C)C)c(c2)-c2cc(ccc2OCCNC(=O)OC(C)(C)C)[C@H](N(C)C(=O)[C@H](CCCCNC(=O)OC(C)(C)C)NC(=O)c2ccc(-c3ccc(C)cc3)cc2)C(=O)N[C@@H](C)C(=O)N1. The largest absolute Gasteiger partial charge is 0.491 e. The van der Waals surface area contributed by atoms with Crippen LogP contribution >= 0.6 is 0 Å². The van der Waals surface area contributed by atoms with E-state index in [-0.39, 0.29) is 68.3 Å². The highest BCUT2D eigenvalue weighted by Gasteiger charge is 2.36. The molecule has 4 aromatic rings. The standard InChI is InChI=1S/C61H81N7O14/c1-37-17-20-40(21-18-37)41-22-24-42(25-23-41)52(70)66-46(16-14-15-29-62-56(74)80-59(3,4)5)54(72)68(12)50-43-26-28-49(79-33-31-64-58(76)82-61(9,10)11)45(36-43)44-34-39(19-27-48(44)78-32-30-63-57(75)81-60(6,7)8)35-47(55(73)77-13)67-51(69)38(2)65-53(50)71/h17-28,34,36,38,46-47,50H,14-16,29-33,35H2,1-13H3,(H,62,74)(H,63,75)(H,64,76)(H,65,71)(H,66,70)(H,67,69)/t38-,46-,47-,50-/m0/s1. The zero-order valence-electron chi connectivity index (χ0n) is 49.4. The number of carbonyl (C=O) groups is 8. The number of ether oxygens (including phenoxy) is 6. The number of rotatable bonds is 19. The van der Waals surface area contributed by atoms with Crippen LogP contribution < -0.4 is 41.4 Å². The van der Waals surface area contributed by atoms with E-state index in [0.717, 1.165) is 16.7 Å². The predicted molar refractivity (Wildman–Crippen MR) is 308 cm³/mol. The van der Waals surface area contributed by atoms with Crippen molar-refractivity contribution in [2.75, 3.05) is 47.0 Å². The summed E-state index contributed by atoms with van der Waals surface area (Å²) in [6.07, 6.45) is -1.22. The molecular weight excluding hydrogens is 1050 g/mol. The number of esters is 1. The van der Waals surface area contributed by atoms with Gasteiger partial charge in [0.2, 0.25) is 17.7 Å². The van der Waals surface area contributed by atoms with Crippen molar-refractivity contribution >= 4 is 47.9 Å². The summed E-state index contributed by atoms with van der Waals surface area (Å²) >= 11 is 0. The number of amides is 7. The molecule has 0 fully saturated rings. The van der Waals surface area contributed by atoms with E-state index >= 15 is 9.59 Å². The number of unbranched alkanes of at least 4 members (excludes halogenated alkanes) is 1. The van der Waals surface area contributed by atoms with Gasteiger partial charge in [0.15, 0.2) is 0 Å². The quantitative estimate of drug-likeness (QED) is 0.0297. The van der Waals surface area contributed by atoms with Crippen LogP contribution in [-0.2, 0) is 44.5 Å². The third-order valence-electron chi connectivity index (χ3n) is 12.4. The van der Waals surface area contributed by atoms with Crippen molar-refractivity contribution in [3.05, 3.63) is 107 Å². The fourth-order valence-corrected chi connectivity index (χ4v) is 8.54. The second kappa shape index (κ2) is 28.9. The van der Waals surface area contributed by atoms with Crippen LogP contribution in [-0.4, -0.2) is 135 Å². The number of hydrogen-bond donors (Lipinski definition) is 6. The highest BCUT2D eigenvalue weighted by molar-refractivity contribution is 5.99. The molecule has 5 rings (SSSR count). The minimum atomic E-state index is -1.50. The summed E-state index contributed by atoms with van der Waals surface area (Å²) in [7, 11) is 2.59. The molecule has 0 saturated heterocycles. The maximum absolute atomic E-state index is 15.3. The maximum atomic E-state index is 15.3. The molecule has 0 unspecified atom stereocenters. The molecule has 7 amide bonds. The van der Waals surface area contributed by atoms with Gasteiger partial charge in [0.05, 0.1) is 20.2 Å². The van der Waals surface area contributed by atoms with Gasteiger partial charge in [-0.3, -0.25) is 19.2 Å². The number of carbonyl (C=O) groups excluding carboxylic acids is 8. The zero-order chi connectivity index (χ0) is 60.5. The Morgan fingerprint density at radius 2 is 1.13 bits per heavy atom. The molecule has 4 bridgehead atoms. The third-order valence-corrected chi connectivity index (χ3v) is 12.4. The Morgan fingerprint density at radius 3 is 1.66 bits per heavy atom. The molecule has 0 spiro atoms. The smallest absolute Gasteiger partial charge is 0.407 e. The highest BCUT2D eigenvalue weighted by Crippen LogP contribution is 2.40. The van der Waals surface area contributed by atoms with E-state index in [1.807, 2.05) is 43.3 Å². The van der Waals surface area contributed by atoms with E-state index in [1.54, 1.807) is 111 Å². The van der Waals surface area contributed by atoms with Gasteiger partial charge in [0.1, 0.15) is 65.7 Å². The van der Waals surface area contributed by atoms with Crippen molar-refractivity contribution in [2.24, 2.45) is 0 Å². The van der Waals surface area contributed by atoms with E-state index in [9.17, 15) is 28.8 Å². The number of alkyl carbamates (subject to hydrolysis) is 3. The summed E-state index contributed by atoms with van der Waals surface area (Å²) in [4.78, 5) is 111. The molecule has 1 heterocycles. The lowest BCUT2D eigenvalue weighted by Crippen LogP contribution is -2.55. The molecule has 0 radical (unpaired) electrons. The first-order chi connectivity index (χ1) is 38.5. The van der Waals surface area contributed by atoms with Gasteiger partial charge in [-0.25, -0.2) is 19.2 Å². The van der Waals surface area contributed by atoms with Gasteiger partial charge in [0.25, 0.3) is 5.91 Å². The Morgan fingerprint density at radius 1 is 0.634 bits per heavy atom. The number of benzene rings is 4.